The van der Waals surface area contributed by atoms with Gasteiger partial charge in [-0.2, -0.15) is 0 Å². The zero-order valence-corrected chi connectivity index (χ0v) is 20.1. The predicted molar refractivity (Wildman–Crippen MR) is 121 cm³/mol. The topological polar surface area (TPSA) is 88.5 Å². The minimum atomic E-state index is -2.03. The first-order chi connectivity index (χ1) is 15.7. The third-order valence-electron chi connectivity index (χ3n) is 9.05. The Morgan fingerprint density at radius 3 is 2.58 bits per heavy atom. The van der Waals surface area contributed by atoms with Crippen molar-refractivity contribution in [2.75, 3.05) is 39.3 Å². The lowest BCUT2D eigenvalue weighted by Crippen LogP contribution is -2.82. The second-order valence-electron chi connectivity index (χ2n) is 10.1. The zero-order chi connectivity index (χ0) is 23.8. The van der Waals surface area contributed by atoms with Gasteiger partial charge in [0, 0.05) is 42.6 Å². The lowest BCUT2D eigenvalue weighted by Gasteiger charge is -2.64. The summed E-state index contributed by atoms with van der Waals surface area (Å²) < 4.78 is 16.7. The minimum Gasteiger partial charge on any atom is -0.497 e. The van der Waals surface area contributed by atoms with E-state index in [9.17, 15) is 14.7 Å². The van der Waals surface area contributed by atoms with Crippen LogP contribution < -0.4 is 9.64 Å². The fourth-order valence-electron chi connectivity index (χ4n) is 8.15. The second-order valence-corrected chi connectivity index (χ2v) is 10.1. The van der Waals surface area contributed by atoms with Crippen molar-refractivity contribution in [2.45, 2.75) is 68.7 Å². The Morgan fingerprint density at radius 1 is 1.18 bits per heavy atom. The van der Waals surface area contributed by atoms with E-state index in [2.05, 4.69) is 17.9 Å². The summed E-state index contributed by atoms with van der Waals surface area (Å²) >= 11 is 0. The number of methoxy groups -OCH3 is 2. The lowest BCUT2D eigenvalue weighted by atomic mass is 9.46. The van der Waals surface area contributed by atoms with Crippen molar-refractivity contribution in [3.63, 3.8) is 0 Å². The van der Waals surface area contributed by atoms with Crippen LogP contribution in [0, 0.1) is 5.41 Å². The summed E-state index contributed by atoms with van der Waals surface area (Å²) in [5.74, 6) is -0.536. The third kappa shape index (κ3) is 2.54. The van der Waals surface area contributed by atoms with E-state index < -0.39 is 40.5 Å². The molecule has 0 bridgehead atoms. The normalized spacial score (nSPS) is 38.8. The SMILES string of the molecule is CC[C@]12CCN3CCC[C@@]4(c5ccc(OC)cc5N(C)[C@H]4[C@@](O)(C(=O)OC)[C@H]1OC(C)=O)[C@@H]32. The Hall–Kier alpha value is -2.32. The molecule has 6 atom stereocenters. The molecule has 5 rings (SSSR count). The molecule has 8 nitrogen and oxygen atoms in total. The number of aliphatic hydroxyl groups is 1. The highest BCUT2D eigenvalue weighted by Gasteiger charge is 2.80. The summed E-state index contributed by atoms with van der Waals surface area (Å²) in [6.45, 7) is 5.22. The molecule has 1 aromatic carbocycles. The average Bonchev–Trinajstić information content (AvgIpc) is 3.32. The first kappa shape index (κ1) is 22.5. The maximum atomic E-state index is 13.5. The monoisotopic (exact) mass is 458 g/mol. The fraction of sp³-hybridized carbons (Fsp3) is 0.680. The van der Waals surface area contributed by atoms with E-state index in [1.165, 1.54) is 14.0 Å². The van der Waals surface area contributed by atoms with Crippen molar-refractivity contribution >= 4 is 17.6 Å². The van der Waals surface area contributed by atoms with Crippen molar-refractivity contribution in [1.29, 1.82) is 0 Å². The number of nitrogens with zero attached hydrogens (tertiary/aromatic N) is 2. The van der Waals surface area contributed by atoms with Gasteiger partial charge in [0.15, 0.2) is 6.10 Å². The summed E-state index contributed by atoms with van der Waals surface area (Å²) in [6.07, 6.45) is 2.20. The van der Waals surface area contributed by atoms with E-state index in [-0.39, 0.29) is 6.04 Å². The largest absolute Gasteiger partial charge is 0.497 e. The number of hydrogen-bond donors (Lipinski definition) is 1. The Morgan fingerprint density at radius 2 is 1.94 bits per heavy atom. The molecule has 2 saturated heterocycles. The molecular weight excluding hydrogens is 424 g/mol. The molecular formula is C25H34N2O6. The van der Waals surface area contributed by atoms with E-state index in [1.807, 2.05) is 24.1 Å². The Bertz CT molecular complexity index is 999. The zero-order valence-electron chi connectivity index (χ0n) is 20.1. The van der Waals surface area contributed by atoms with E-state index in [0.29, 0.717) is 6.42 Å². The van der Waals surface area contributed by atoms with Crippen molar-refractivity contribution in [3.8, 4) is 5.75 Å². The smallest absolute Gasteiger partial charge is 0.344 e. The van der Waals surface area contributed by atoms with E-state index >= 15 is 0 Å². The standard InChI is InChI=1S/C25H34N2O6/c1-6-23-11-13-27-12-7-10-24(19(23)27)17-9-8-16(31-4)14-18(17)26(3)20(24)25(30,22(29)32-5)21(23)33-15(2)28/h8-9,14,19-21,30H,6-7,10-13H2,1-5H3/t19-,20+,21-,23+,24+,25-/m0/s1. The first-order valence-electron chi connectivity index (χ1n) is 11.9. The van der Waals surface area contributed by atoms with Gasteiger partial charge >= 0.3 is 11.9 Å². The first-order valence-corrected chi connectivity index (χ1v) is 11.9. The molecule has 1 saturated carbocycles. The number of hydrogen-bond acceptors (Lipinski definition) is 8. The van der Waals surface area contributed by atoms with Gasteiger partial charge in [-0.05, 0) is 50.4 Å². The van der Waals surface area contributed by atoms with E-state index in [1.54, 1.807) is 7.11 Å². The molecule has 0 unspecified atom stereocenters. The predicted octanol–water partition coefficient (Wildman–Crippen LogP) is 1.87. The number of anilines is 1. The number of likely N-dealkylation sites (N-methyl/N-ethyl adjacent to an activating group) is 1. The van der Waals surface area contributed by atoms with Crippen molar-refractivity contribution in [1.82, 2.24) is 4.90 Å². The van der Waals surface area contributed by atoms with Crippen LogP contribution in [0.3, 0.4) is 0 Å². The summed E-state index contributed by atoms with van der Waals surface area (Å²) in [5.41, 5.74) is -1.06. The van der Waals surface area contributed by atoms with Gasteiger partial charge in [-0.15, -0.1) is 0 Å². The van der Waals surface area contributed by atoms with Gasteiger partial charge < -0.3 is 24.2 Å². The molecule has 1 aliphatic carbocycles. The number of piperidine rings is 1. The Labute approximate surface area is 194 Å². The summed E-state index contributed by atoms with van der Waals surface area (Å²) in [5, 5.41) is 12.5. The van der Waals surface area contributed by atoms with Crippen LogP contribution in [0.4, 0.5) is 5.69 Å². The number of fused-ring (bicyclic) bond motifs is 1. The average molecular weight is 459 g/mol. The second kappa shape index (κ2) is 7.34. The van der Waals surface area contributed by atoms with Gasteiger partial charge in [0.25, 0.3) is 0 Å². The number of rotatable bonds is 4. The van der Waals surface area contributed by atoms with Crippen LogP contribution in [0.15, 0.2) is 18.2 Å². The molecule has 33 heavy (non-hydrogen) atoms. The van der Waals surface area contributed by atoms with Gasteiger partial charge in [0.1, 0.15) is 5.75 Å². The van der Waals surface area contributed by atoms with Crippen LogP contribution >= 0.6 is 0 Å². The van der Waals surface area contributed by atoms with Crippen molar-refractivity contribution in [2.24, 2.45) is 5.41 Å². The van der Waals surface area contributed by atoms with Gasteiger partial charge in [0.2, 0.25) is 5.60 Å². The summed E-state index contributed by atoms with van der Waals surface area (Å²) in [7, 11) is 4.82. The molecule has 3 aliphatic heterocycles. The number of carbonyl (C=O) groups excluding carboxylic acids is 2. The molecule has 1 spiro atoms. The van der Waals surface area contributed by atoms with Gasteiger partial charge in [-0.1, -0.05) is 13.0 Å². The van der Waals surface area contributed by atoms with Crippen LogP contribution in [0.25, 0.3) is 0 Å². The van der Waals surface area contributed by atoms with Gasteiger partial charge in [-0.3, -0.25) is 9.69 Å². The number of benzene rings is 1. The van der Waals surface area contributed by atoms with E-state index in [4.69, 9.17) is 14.2 Å². The molecule has 1 aromatic rings. The molecule has 0 radical (unpaired) electrons. The molecule has 3 fully saturated rings. The lowest BCUT2D eigenvalue weighted by molar-refractivity contribution is -0.237. The Kier molecular flexibility index (Phi) is 5.00. The number of esters is 2. The highest BCUT2D eigenvalue weighted by molar-refractivity contribution is 5.86. The summed E-state index contributed by atoms with van der Waals surface area (Å²) in [4.78, 5) is 30.4. The Balaban J connectivity index is 1.85. The van der Waals surface area contributed by atoms with Crippen LogP contribution in [0.5, 0.6) is 5.75 Å². The molecule has 0 amide bonds. The molecule has 1 N–H and O–H groups in total. The van der Waals surface area contributed by atoms with Gasteiger partial charge in [0.05, 0.1) is 20.3 Å². The van der Waals surface area contributed by atoms with Crippen LogP contribution in [-0.2, 0) is 24.5 Å². The third-order valence-corrected chi connectivity index (χ3v) is 9.05. The molecule has 4 aliphatic rings. The number of ether oxygens (including phenoxy) is 3. The van der Waals surface area contributed by atoms with Crippen LogP contribution in [0.1, 0.15) is 45.1 Å². The minimum absolute atomic E-state index is 0.0279. The fourth-order valence-corrected chi connectivity index (χ4v) is 8.15. The highest BCUT2D eigenvalue weighted by Crippen LogP contribution is 2.68. The quantitative estimate of drug-likeness (QED) is 0.684. The van der Waals surface area contributed by atoms with Crippen LogP contribution in [0.2, 0.25) is 0 Å². The van der Waals surface area contributed by atoms with Crippen LogP contribution in [-0.4, -0.2) is 80.1 Å². The van der Waals surface area contributed by atoms with Crippen molar-refractivity contribution < 1.29 is 28.9 Å². The summed E-state index contributed by atoms with van der Waals surface area (Å²) in [6, 6.07) is 5.41. The van der Waals surface area contributed by atoms with Gasteiger partial charge in [-0.25, -0.2) is 4.79 Å². The molecule has 180 valence electrons. The van der Waals surface area contributed by atoms with Crippen molar-refractivity contribution in [3.05, 3.63) is 23.8 Å². The maximum Gasteiger partial charge on any atom is 0.344 e. The number of carbonyl (C=O) groups is 2. The van der Waals surface area contributed by atoms with E-state index in [0.717, 1.165) is 49.4 Å². The molecule has 8 heteroatoms. The molecule has 0 aromatic heterocycles. The maximum absolute atomic E-state index is 13.5. The highest BCUT2D eigenvalue weighted by atomic mass is 16.6. The molecule has 3 heterocycles.